The Balaban J connectivity index is 2.21. The van der Waals surface area contributed by atoms with Crippen LogP contribution in [0.2, 0.25) is 0 Å². The Morgan fingerprint density at radius 2 is 0.791 bits per heavy atom. The van der Waals surface area contributed by atoms with E-state index in [1.807, 2.05) is 0 Å². The van der Waals surface area contributed by atoms with Gasteiger partial charge in [-0.05, 0) is 25.7 Å². The number of carbonyl (C=O) groups excluding carboxylic acids is 4. The van der Waals surface area contributed by atoms with E-state index in [-0.39, 0.29) is 25.7 Å². The maximum absolute atomic E-state index is 14.5. The number of esters is 2. The molecule has 34 heteroatoms. The lowest BCUT2D eigenvalue weighted by Gasteiger charge is -2.48. The second-order valence-electron chi connectivity index (χ2n) is 30.5. The first kappa shape index (κ1) is 101. The van der Waals surface area contributed by atoms with Crippen molar-refractivity contribution in [1.29, 1.82) is 0 Å². The van der Waals surface area contributed by atoms with Crippen LogP contribution in [0.1, 0.15) is 317 Å². The molecule has 0 aromatic rings. The summed E-state index contributed by atoms with van der Waals surface area (Å²) in [6.45, 7) is 4.87. The lowest BCUT2D eigenvalue weighted by Crippen LogP contribution is -2.68. The molecule has 0 radical (unpaired) electrons. The van der Waals surface area contributed by atoms with Crippen LogP contribution in [0.15, 0.2) is 0 Å². The van der Waals surface area contributed by atoms with E-state index in [1.54, 1.807) is 0 Å². The molecule has 3 heterocycles. The molecular weight excluding hydrogens is 1480 g/mol. The second kappa shape index (κ2) is 57.2. The standard InChI is InChI=1S/C76H142N2O30P2/c1-5-9-13-17-21-25-29-33-37-41-53(80)45-61(86)77-65-71(104-63(88)47-55(82)43-39-35-31-27-23-19-15-11-7-3)68(91)59(102-74(65)108-110(97,98)99)51-100-73-66(78-62(87)46-54(81)42-38-34-30-26-22-18-14-10-6-2)72(105-64(89)48-56(83)44-40-36-32-28-24-20-16-12-8-4)70(107-109(94,95)96)60(103-73)52-101-76(75(92)93)49-57(84)67(90)69(106-76)58(85)50-79/h53-60,65-74,79-85,90-91H,5-52H2,1-4H3,(H,77,86)(H,78,87)(H,92,93)(H2,94,95,96)(H2,97,98,99)/t53-,54-,55-,56-,57-,58-,59-,60-,65-,66-,67-,68-,69-,70-,71-,72-,73-,74-,76-/m1/s1. The van der Waals surface area contributed by atoms with Gasteiger partial charge in [-0.2, -0.15) is 0 Å². The van der Waals surface area contributed by atoms with Gasteiger partial charge in [-0.3, -0.25) is 28.2 Å². The lowest BCUT2D eigenvalue weighted by atomic mass is 9.92. The highest BCUT2D eigenvalue weighted by atomic mass is 31.2. The van der Waals surface area contributed by atoms with Gasteiger partial charge >= 0.3 is 33.6 Å². The number of carboxylic acids is 1. The fourth-order valence-corrected chi connectivity index (χ4v) is 15.3. The number of aliphatic carboxylic acids is 1. The number of aliphatic hydroxyl groups is 9. The normalized spacial score (nSPS) is 26.0. The third kappa shape index (κ3) is 42.2. The molecular formula is C76H142N2O30P2. The predicted octanol–water partition coefficient (Wildman–Crippen LogP) is 8.54. The number of hydrogen-bond acceptors (Lipinski definition) is 25. The van der Waals surface area contributed by atoms with Crippen molar-refractivity contribution in [2.75, 3.05) is 19.8 Å². The molecule has 3 saturated heterocycles. The van der Waals surface area contributed by atoms with Crippen molar-refractivity contribution in [3.8, 4) is 0 Å². The van der Waals surface area contributed by atoms with Crippen LogP contribution in [0.4, 0.5) is 0 Å². The van der Waals surface area contributed by atoms with Crippen molar-refractivity contribution in [3.05, 3.63) is 0 Å². The van der Waals surface area contributed by atoms with E-state index >= 15 is 0 Å². The molecule has 646 valence electrons. The molecule has 0 bridgehead atoms. The van der Waals surface area contributed by atoms with Crippen molar-refractivity contribution in [2.45, 2.75) is 433 Å². The van der Waals surface area contributed by atoms with Gasteiger partial charge in [0.25, 0.3) is 5.79 Å². The summed E-state index contributed by atoms with van der Waals surface area (Å²) in [6.07, 6.45) is -0.923. The van der Waals surface area contributed by atoms with E-state index in [9.17, 15) is 104 Å². The molecule has 0 aromatic heterocycles. The fourth-order valence-electron chi connectivity index (χ4n) is 14.3. The molecule has 3 aliphatic rings. The van der Waals surface area contributed by atoms with Gasteiger partial charge < -0.3 is 114 Å². The number of rotatable bonds is 65. The molecule has 0 aromatic carbocycles. The van der Waals surface area contributed by atoms with Gasteiger partial charge in [-0.25, -0.2) is 13.9 Å². The molecule has 0 unspecified atom stereocenters. The number of carboxylic acid groups (broad SMARTS) is 1. The summed E-state index contributed by atoms with van der Waals surface area (Å²) in [5.41, 5.74) is 0. The van der Waals surface area contributed by atoms with Gasteiger partial charge in [0.1, 0.15) is 54.8 Å². The maximum atomic E-state index is 14.5. The SMILES string of the molecule is CCCCCCCCCCC[C@@H](O)CC(=O)N[C@H]1[C@H](OC[C@H]2O[C@H](OP(=O)(O)O)[C@H](NC(=O)C[C@H](O)CCCCCCCCCCC)[C@@H](OC(=O)C[C@H](O)CCCCCCCCCCC)[C@@H]2O)O[C@H](CO[C@]2(C(=O)O)C[C@@H](O)[C@@H](O)[C@@H]([C@H](O)CO)O2)[C@@H](OP(=O)(O)O)[C@@H]1OC(=O)C[C@H](O)CCCCCCCCCCC. The zero-order valence-electron chi connectivity index (χ0n) is 66.0. The zero-order chi connectivity index (χ0) is 81.5. The van der Waals surface area contributed by atoms with Gasteiger partial charge in [-0.15, -0.1) is 0 Å². The van der Waals surface area contributed by atoms with Crippen molar-refractivity contribution >= 4 is 45.4 Å². The largest absolute Gasteiger partial charge is 0.477 e. The summed E-state index contributed by atoms with van der Waals surface area (Å²) in [5, 5.41) is 115. The number of phosphoric ester groups is 2. The smallest absolute Gasteiger partial charge is 0.472 e. The van der Waals surface area contributed by atoms with E-state index in [0.717, 1.165) is 193 Å². The summed E-state index contributed by atoms with van der Waals surface area (Å²) >= 11 is 0. The van der Waals surface area contributed by atoms with Crippen LogP contribution in [-0.4, -0.2) is 236 Å². The number of aliphatic hydroxyl groups excluding tert-OH is 9. The van der Waals surface area contributed by atoms with Crippen molar-refractivity contribution in [2.24, 2.45) is 0 Å². The molecule has 3 fully saturated rings. The third-order valence-corrected chi connectivity index (χ3v) is 21.6. The molecule has 110 heavy (non-hydrogen) atoms. The number of unbranched alkanes of at least 4 members (excludes halogenated alkanes) is 32. The first-order chi connectivity index (χ1) is 52.4. The molecule has 0 spiro atoms. The number of phosphoric acid groups is 2. The average Bonchev–Trinajstić information content (AvgIpc) is 0.771. The Hall–Kier alpha value is -2.99. The van der Waals surface area contributed by atoms with Gasteiger partial charge in [0, 0.05) is 6.42 Å². The predicted molar refractivity (Wildman–Crippen MR) is 404 cm³/mol. The van der Waals surface area contributed by atoms with E-state index in [4.69, 9.17) is 42.2 Å². The molecule has 19 atom stereocenters. The minimum absolute atomic E-state index is 0.0721. The summed E-state index contributed by atoms with van der Waals surface area (Å²) < 4.78 is 78.4. The Labute approximate surface area is 651 Å². The van der Waals surface area contributed by atoms with E-state index in [1.165, 1.54) is 0 Å². The Morgan fingerprint density at radius 3 is 1.15 bits per heavy atom. The number of carbonyl (C=O) groups is 5. The van der Waals surface area contributed by atoms with E-state index < -0.39 is 213 Å². The number of amides is 2. The molecule has 3 aliphatic heterocycles. The lowest BCUT2D eigenvalue weighted by molar-refractivity contribution is -0.340. The molecule has 32 nitrogen and oxygen atoms in total. The highest BCUT2D eigenvalue weighted by Gasteiger charge is 2.58. The van der Waals surface area contributed by atoms with Crippen molar-refractivity contribution in [3.63, 3.8) is 0 Å². The van der Waals surface area contributed by atoms with Crippen molar-refractivity contribution in [1.82, 2.24) is 10.6 Å². The van der Waals surface area contributed by atoms with Crippen LogP contribution in [0.3, 0.4) is 0 Å². The Bertz CT molecular complexity index is 2580. The topological polar surface area (TPSA) is 510 Å². The molecule has 16 N–H and O–H groups in total. The monoisotopic (exact) mass is 1620 g/mol. The summed E-state index contributed by atoms with van der Waals surface area (Å²) in [5.74, 6) is -9.65. The quantitative estimate of drug-likeness (QED) is 0.0154. The minimum Gasteiger partial charge on any atom is -0.477 e. The Morgan fingerprint density at radius 1 is 0.445 bits per heavy atom. The van der Waals surface area contributed by atoms with Crippen LogP contribution in [0, 0.1) is 0 Å². The van der Waals surface area contributed by atoms with Gasteiger partial charge in [-0.1, -0.05) is 259 Å². The van der Waals surface area contributed by atoms with Gasteiger partial charge in [0.15, 0.2) is 24.8 Å². The molecule has 0 aliphatic carbocycles. The fraction of sp³-hybridized carbons (Fsp3) is 0.934. The number of nitrogens with one attached hydrogen (secondary N) is 2. The van der Waals surface area contributed by atoms with Crippen LogP contribution in [0.25, 0.3) is 0 Å². The number of hydrogen-bond donors (Lipinski definition) is 16. The summed E-state index contributed by atoms with van der Waals surface area (Å²) in [4.78, 5) is 112. The second-order valence-corrected chi connectivity index (χ2v) is 32.9. The van der Waals surface area contributed by atoms with E-state index in [2.05, 4.69) is 38.3 Å². The summed E-state index contributed by atoms with van der Waals surface area (Å²) in [6, 6.07) is -4.13. The van der Waals surface area contributed by atoms with Crippen LogP contribution in [0.5, 0.6) is 0 Å². The average molecular weight is 1630 g/mol. The van der Waals surface area contributed by atoms with Crippen LogP contribution < -0.4 is 10.6 Å². The zero-order valence-corrected chi connectivity index (χ0v) is 67.8. The van der Waals surface area contributed by atoms with Crippen LogP contribution in [-0.2, 0) is 75.3 Å². The Kier molecular flexibility index (Phi) is 52.6. The molecule has 3 rings (SSSR count). The van der Waals surface area contributed by atoms with Crippen molar-refractivity contribution < 1.29 is 146 Å². The number of ether oxygens (including phenoxy) is 7. The first-order valence-electron chi connectivity index (χ1n) is 41.4. The first-order valence-corrected chi connectivity index (χ1v) is 44.5. The van der Waals surface area contributed by atoms with Gasteiger partial charge in [0.2, 0.25) is 11.8 Å². The van der Waals surface area contributed by atoms with E-state index in [0.29, 0.717) is 38.5 Å². The molecule has 2 amide bonds. The highest BCUT2D eigenvalue weighted by molar-refractivity contribution is 7.46. The third-order valence-electron chi connectivity index (χ3n) is 20.6. The van der Waals surface area contributed by atoms with Gasteiger partial charge in [0.05, 0.1) is 76.0 Å². The summed E-state index contributed by atoms with van der Waals surface area (Å²) in [7, 11) is -11.7. The molecule has 0 saturated carbocycles. The minimum atomic E-state index is -5.91. The maximum Gasteiger partial charge on any atom is 0.472 e. The highest BCUT2D eigenvalue weighted by Crippen LogP contribution is 2.45. The van der Waals surface area contributed by atoms with Crippen LogP contribution >= 0.6 is 15.6 Å².